The zero-order chi connectivity index (χ0) is 17.2. The zero-order valence-corrected chi connectivity index (χ0v) is 14.0. The highest BCUT2D eigenvalue weighted by Crippen LogP contribution is 2.25. The van der Waals surface area contributed by atoms with Crippen LogP contribution in [-0.4, -0.2) is 51.0 Å². The number of rotatable bonds is 4. The van der Waals surface area contributed by atoms with Gasteiger partial charge in [0.1, 0.15) is 6.04 Å². The number of likely N-dealkylation sites (tertiary alicyclic amines) is 1. The quantitative estimate of drug-likeness (QED) is 0.596. The molecule has 1 aromatic rings. The minimum Gasteiger partial charge on any atom is -0.467 e. The van der Waals surface area contributed by atoms with E-state index in [-0.39, 0.29) is 23.8 Å². The van der Waals surface area contributed by atoms with Crippen molar-refractivity contribution in [2.45, 2.75) is 37.3 Å². The van der Waals surface area contributed by atoms with Crippen molar-refractivity contribution in [1.29, 1.82) is 0 Å². The van der Waals surface area contributed by atoms with E-state index < -0.39 is 28.2 Å². The maximum absolute atomic E-state index is 12.3. The lowest BCUT2D eigenvalue weighted by molar-refractivity contribution is -0.150. The summed E-state index contributed by atoms with van der Waals surface area (Å²) in [6, 6.07) is 5.43. The van der Waals surface area contributed by atoms with Crippen LogP contribution in [0.1, 0.15) is 18.9 Å². The maximum atomic E-state index is 12.3. The monoisotopic (exact) mass is 341 g/mol. The van der Waals surface area contributed by atoms with Crippen LogP contribution >= 0.6 is 0 Å². The molecule has 1 saturated heterocycles. The summed E-state index contributed by atoms with van der Waals surface area (Å²) in [7, 11) is -2.74. The van der Waals surface area contributed by atoms with Gasteiger partial charge in [-0.15, -0.1) is 0 Å². The number of ether oxygens (including phenoxy) is 1. The molecule has 0 N–H and O–H groups in total. The Balaban J connectivity index is 2.15. The van der Waals surface area contributed by atoms with Crippen LogP contribution in [0.25, 0.3) is 0 Å². The Morgan fingerprint density at radius 1 is 1.22 bits per heavy atom. The predicted octanol–water partition coefficient (Wildman–Crippen LogP) is 0.863. The Bertz CT molecular complexity index is 697. The van der Waals surface area contributed by atoms with E-state index in [1.54, 1.807) is 12.1 Å². The van der Waals surface area contributed by atoms with E-state index in [1.165, 1.54) is 31.1 Å². The molecule has 126 valence electrons. The molecule has 8 heteroatoms. The second-order valence-electron chi connectivity index (χ2n) is 5.43. The van der Waals surface area contributed by atoms with Crippen LogP contribution in [0.15, 0.2) is 29.2 Å². The number of amides is 1. The largest absolute Gasteiger partial charge is 0.467 e. The van der Waals surface area contributed by atoms with Gasteiger partial charge < -0.3 is 9.64 Å². The Morgan fingerprint density at radius 2 is 1.83 bits per heavy atom. The van der Waals surface area contributed by atoms with Gasteiger partial charge in [-0.3, -0.25) is 8.98 Å². The minimum absolute atomic E-state index is 0.0280. The number of carbonyl (C=O) groups is 2. The summed E-state index contributed by atoms with van der Waals surface area (Å²) in [4.78, 5) is 24.6. The van der Waals surface area contributed by atoms with Crippen LogP contribution in [0, 0.1) is 6.92 Å². The van der Waals surface area contributed by atoms with Gasteiger partial charge in [-0.1, -0.05) is 17.7 Å². The number of hydrogen-bond acceptors (Lipinski definition) is 6. The Labute approximate surface area is 135 Å². The van der Waals surface area contributed by atoms with Crippen molar-refractivity contribution >= 4 is 22.0 Å². The van der Waals surface area contributed by atoms with E-state index in [2.05, 4.69) is 4.74 Å². The third kappa shape index (κ3) is 3.89. The van der Waals surface area contributed by atoms with Crippen molar-refractivity contribution in [2.24, 2.45) is 0 Å². The smallest absolute Gasteiger partial charge is 0.328 e. The van der Waals surface area contributed by atoms with E-state index in [1.807, 2.05) is 6.92 Å². The van der Waals surface area contributed by atoms with E-state index >= 15 is 0 Å². The number of aryl methyl sites for hydroxylation is 1. The molecule has 1 aliphatic heterocycles. The molecule has 0 aliphatic carbocycles. The SMILES string of the molecule is COC(=O)[C@H]1C[C@@H](OS(=O)(=O)c2ccc(C)cc2)CN1C(C)=O. The number of carbonyl (C=O) groups excluding carboxylic acids is 2. The molecule has 0 radical (unpaired) electrons. The van der Waals surface area contributed by atoms with Gasteiger partial charge in [0.15, 0.2) is 0 Å². The highest BCUT2D eigenvalue weighted by atomic mass is 32.2. The molecule has 2 atom stereocenters. The van der Waals surface area contributed by atoms with Gasteiger partial charge in [0, 0.05) is 19.9 Å². The lowest BCUT2D eigenvalue weighted by Crippen LogP contribution is -2.39. The molecule has 7 nitrogen and oxygen atoms in total. The van der Waals surface area contributed by atoms with Crippen LogP contribution in [-0.2, 0) is 28.6 Å². The Kier molecular flexibility index (Phi) is 5.06. The normalized spacial score (nSPS) is 21.3. The van der Waals surface area contributed by atoms with Crippen LogP contribution in [0.4, 0.5) is 0 Å². The van der Waals surface area contributed by atoms with Crippen molar-refractivity contribution < 1.29 is 26.9 Å². The summed E-state index contributed by atoms with van der Waals surface area (Å²) in [6.07, 6.45) is -0.702. The van der Waals surface area contributed by atoms with Gasteiger partial charge in [0.2, 0.25) is 5.91 Å². The Morgan fingerprint density at radius 3 is 2.35 bits per heavy atom. The highest BCUT2D eigenvalue weighted by Gasteiger charge is 2.41. The average Bonchev–Trinajstić information content (AvgIpc) is 2.90. The van der Waals surface area contributed by atoms with Crippen molar-refractivity contribution in [3.05, 3.63) is 29.8 Å². The molecule has 1 heterocycles. The van der Waals surface area contributed by atoms with Gasteiger partial charge in [0.05, 0.1) is 18.1 Å². The first-order chi connectivity index (χ1) is 10.7. The third-order valence-corrected chi connectivity index (χ3v) is 5.09. The fraction of sp³-hybridized carbons (Fsp3) is 0.467. The van der Waals surface area contributed by atoms with Crippen LogP contribution in [0.3, 0.4) is 0 Å². The van der Waals surface area contributed by atoms with Crippen LogP contribution < -0.4 is 0 Å². The van der Waals surface area contributed by atoms with Crippen LogP contribution in [0.2, 0.25) is 0 Å². The van der Waals surface area contributed by atoms with Gasteiger partial charge in [-0.05, 0) is 19.1 Å². The third-order valence-electron chi connectivity index (χ3n) is 3.71. The first-order valence-corrected chi connectivity index (χ1v) is 8.50. The second-order valence-corrected chi connectivity index (χ2v) is 7.00. The summed E-state index contributed by atoms with van der Waals surface area (Å²) >= 11 is 0. The molecule has 2 rings (SSSR count). The van der Waals surface area contributed by atoms with Crippen molar-refractivity contribution in [1.82, 2.24) is 4.90 Å². The number of benzene rings is 1. The van der Waals surface area contributed by atoms with Crippen LogP contribution in [0.5, 0.6) is 0 Å². The number of esters is 1. The molecular formula is C15H19NO6S. The lowest BCUT2D eigenvalue weighted by Gasteiger charge is -2.20. The molecule has 1 aliphatic rings. The molecular weight excluding hydrogens is 322 g/mol. The summed E-state index contributed by atoms with van der Waals surface area (Å²) in [6.45, 7) is 3.19. The van der Waals surface area contributed by atoms with Crippen molar-refractivity contribution in [3.8, 4) is 0 Å². The van der Waals surface area contributed by atoms with Gasteiger partial charge >= 0.3 is 5.97 Å². The minimum atomic E-state index is -3.96. The van der Waals surface area contributed by atoms with Crippen molar-refractivity contribution in [3.63, 3.8) is 0 Å². The fourth-order valence-corrected chi connectivity index (χ4v) is 3.59. The predicted molar refractivity (Wildman–Crippen MR) is 81.0 cm³/mol. The van der Waals surface area contributed by atoms with Gasteiger partial charge in [0.25, 0.3) is 10.1 Å². The molecule has 0 saturated carbocycles. The summed E-state index contributed by atoms with van der Waals surface area (Å²) in [5.41, 5.74) is 0.929. The molecule has 0 spiro atoms. The van der Waals surface area contributed by atoms with E-state index in [0.717, 1.165) is 5.56 Å². The highest BCUT2D eigenvalue weighted by molar-refractivity contribution is 7.86. The maximum Gasteiger partial charge on any atom is 0.328 e. The number of methoxy groups -OCH3 is 1. The number of nitrogens with zero attached hydrogens (tertiary/aromatic N) is 1. The molecule has 1 aromatic carbocycles. The molecule has 1 amide bonds. The molecule has 1 fully saturated rings. The summed E-state index contributed by atoms with van der Waals surface area (Å²) in [5, 5.41) is 0. The first-order valence-electron chi connectivity index (χ1n) is 7.09. The summed E-state index contributed by atoms with van der Waals surface area (Å²) in [5.74, 6) is -0.918. The topological polar surface area (TPSA) is 90.0 Å². The number of hydrogen-bond donors (Lipinski definition) is 0. The van der Waals surface area contributed by atoms with Gasteiger partial charge in [-0.25, -0.2) is 4.79 Å². The first kappa shape index (κ1) is 17.4. The Hall–Kier alpha value is -1.93. The lowest BCUT2D eigenvalue weighted by atomic mass is 10.2. The molecule has 0 aromatic heterocycles. The van der Waals surface area contributed by atoms with E-state index in [9.17, 15) is 18.0 Å². The van der Waals surface area contributed by atoms with E-state index in [4.69, 9.17) is 4.18 Å². The molecule has 0 bridgehead atoms. The zero-order valence-electron chi connectivity index (χ0n) is 13.2. The molecule has 23 heavy (non-hydrogen) atoms. The van der Waals surface area contributed by atoms with E-state index in [0.29, 0.717) is 0 Å². The van der Waals surface area contributed by atoms with Crippen molar-refractivity contribution in [2.75, 3.05) is 13.7 Å². The molecule has 0 unspecified atom stereocenters. The average molecular weight is 341 g/mol. The second kappa shape index (κ2) is 6.67. The summed E-state index contributed by atoms with van der Waals surface area (Å²) < 4.78 is 34.4. The van der Waals surface area contributed by atoms with Gasteiger partial charge in [-0.2, -0.15) is 8.42 Å². The fourth-order valence-electron chi connectivity index (χ4n) is 2.51. The standard InChI is InChI=1S/C15H19NO6S/c1-10-4-6-13(7-5-10)23(19,20)22-12-8-14(15(18)21-3)16(9-12)11(2)17/h4-7,12,14H,8-9H2,1-3H3/t12-,14-/m1/s1.